The quantitative estimate of drug-likeness (QED) is 0.741. The zero-order chi connectivity index (χ0) is 13.0. The minimum absolute atomic E-state index is 0.0863. The van der Waals surface area contributed by atoms with Crippen molar-refractivity contribution in [2.45, 2.75) is 18.9 Å². The Labute approximate surface area is 107 Å². The van der Waals surface area contributed by atoms with Crippen molar-refractivity contribution in [3.8, 4) is 5.75 Å². The largest absolute Gasteiger partial charge is 0.497 e. The van der Waals surface area contributed by atoms with Crippen LogP contribution in [0.4, 0.5) is 10.5 Å². The molecule has 18 heavy (non-hydrogen) atoms. The molecule has 1 unspecified atom stereocenters. The molecule has 1 atom stereocenters. The average molecular weight is 249 g/mol. The Morgan fingerprint density at radius 2 is 2.11 bits per heavy atom. The Kier molecular flexibility index (Phi) is 4.04. The minimum Gasteiger partial charge on any atom is -0.497 e. The van der Waals surface area contributed by atoms with E-state index in [4.69, 9.17) is 10.5 Å². The van der Waals surface area contributed by atoms with Gasteiger partial charge in [-0.1, -0.05) is 0 Å². The number of anilines is 1. The first-order valence-electron chi connectivity index (χ1n) is 6.14. The molecule has 0 aromatic heterocycles. The highest BCUT2D eigenvalue weighted by molar-refractivity contribution is 5.89. The molecule has 2 rings (SSSR count). The number of nitrogens with one attached hydrogen (secondary N) is 2. The summed E-state index contributed by atoms with van der Waals surface area (Å²) in [5.74, 6) is 1.32. The van der Waals surface area contributed by atoms with Crippen LogP contribution < -0.4 is 21.1 Å². The molecule has 5 heteroatoms. The highest BCUT2D eigenvalue weighted by atomic mass is 16.5. The number of hydrogen-bond donors (Lipinski definition) is 3. The van der Waals surface area contributed by atoms with Crippen molar-refractivity contribution in [2.24, 2.45) is 11.7 Å². The second kappa shape index (κ2) is 5.73. The molecule has 0 spiro atoms. The summed E-state index contributed by atoms with van der Waals surface area (Å²) in [6.07, 6.45) is 2.31. The maximum absolute atomic E-state index is 11.8. The van der Waals surface area contributed by atoms with E-state index in [1.807, 2.05) is 0 Å². The molecule has 0 bridgehead atoms. The van der Waals surface area contributed by atoms with Gasteiger partial charge in [-0.15, -0.1) is 0 Å². The van der Waals surface area contributed by atoms with Crippen LogP contribution >= 0.6 is 0 Å². The Hall–Kier alpha value is -1.75. The van der Waals surface area contributed by atoms with Gasteiger partial charge in [0, 0.05) is 18.3 Å². The van der Waals surface area contributed by atoms with Gasteiger partial charge in [-0.2, -0.15) is 0 Å². The van der Waals surface area contributed by atoms with Crippen molar-refractivity contribution < 1.29 is 9.53 Å². The summed E-state index contributed by atoms with van der Waals surface area (Å²) in [7, 11) is 1.61. The van der Waals surface area contributed by atoms with Gasteiger partial charge in [-0.3, -0.25) is 0 Å². The second-order valence-corrected chi connectivity index (χ2v) is 4.51. The van der Waals surface area contributed by atoms with Crippen molar-refractivity contribution in [1.29, 1.82) is 0 Å². The van der Waals surface area contributed by atoms with Crippen molar-refractivity contribution in [2.75, 3.05) is 19.0 Å². The predicted molar refractivity (Wildman–Crippen MR) is 70.7 cm³/mol. The third-order valence-electron chi connectivity index (χ3n) is 3.11. The highest BCUT2D eigenvalue weighted by Crippen LogP contribution is 2.32. The zero-order valence-electron chi connectivity index (χ0n) is 10.5. The summed E-state index contributed by atoms with van der Waals surface area (Å²) in [6, 6.07) is 7.08. The maximum Gasteiger partial charge on any atom is 0.319 e. The Bertz CT molecular complexity index is 401. The first-order valence-corrected chi connectivity index (χ1v) is 6.14. The molecular weight excluding hydrogens is 230 g/mol. The van der Waals surface area contributed by atoms with Crippen molar-refractivity contribution in [3.63, 3.8) is 0 Å². The lowest BCUT2D eigenvalue weighted by Gasteiger charge is -2.16. The van der Waals surface area contributed by atoms with E-state index in [9.17, 15) is 4.79 Å². The standard InChI is InChI=1S/C13H19N3O2/c1-18-11-6-4-10(5-7-11)15-13(17)16-12(8-14)9-2-3-9/h4-7,9,12H,2-3,8,14H2,1H3,(H2,15,16,17). The fraction of sp³-hybridized carbons (Fsp3) is 0.462. The van der Waals surface area contributed by atoms with E-state index in [1.165, 1.54) is 0 Å². The first-order chi connectivity index (χ1) is 8.72. The van der Waals surface area contributed by atoms with Crippen LogP contribution in [0.25, 0.3) is 0 Å². The van der Waals surface area contributed by atoms with Gasteiger partial charge in [0.1, 0.15) is 5.75 Å². The molecule has 0 radical (unpaired) electrons. The Balaban J connectivity index is 1.85. The van der Waals surface area contributed by atoms with E-state index in [2.05, 4.69) is 10.6 Å². The highest BCUT2D eigenvalue weighted by Gasteiger charge is 2.31. The van der Waals surface area contributed by atoms with Gasteiger partial charge in [0.2, 0.25) is 0 Å². The smallest absolute Gasteiger partial charge is 0.319 e. The van der Waals surface area contributed by atoms with E-state index in [1.54, 1.807) is 31.4 Å². The van der Waals surface area contributed by atoms with Crippen LogP contribution in [0.1, 0.15) is 12.8 Å². The average Bonchev–Trinajstić information content (AvgIpc) is 3.21. The third kappa shape index (κ3) is 3.37. The molecular formula is C13H19N3O2. The molecule has 1 saturated carbocycles. The molecule has 5 nitrogen and oxygen atoms in total. The lowest BCUT2D eigenvalue weighted by atomic mass is 10.2. The number of urea groups is 1. The normalized spacial score (nSPS) is 15.9. The predicted octanol–water partition coefficient (Wildman–Crippen LogP) is 1.55. The van der Waals surface area contributed by atoms with Crippen LogP contribution in [0.15, 0.2) is 24.3 Å². The van der Waals surface area contributed by atoms with Crippen LogP contribution in [0.2, 0.25) is 0 Å². The summed E-state index contributed by atoms with van der Waals surface area (Å²) in [5.41, 5.74) is 6.37. The molecule has 2 amide bonds. The Morgan fingerprint density at radius 1 is 1.44 bits per heavy atom. The van der Waals surface area contributed by atoms with E-state index in [0.29, 0.717) is 12.5 Å². The summed E-state index contributed by atoms with van der Waals surface area (Å²) in [6.45, 7) is 0.487. The third-order valence-corrected chi connectivity index (χ3v) is 3.11. The van der Waals surface area contributed by atoms with E-state index in [-0.39, 0.29) is 12.1 Å². The fourth-order valence-electron chi connectivity index (χ4n) is 1.88. The number of carbonyl (C=O) groups excluding carboxylic acids is 1. The second-order valence-electron chi connectivity index (χ2n) is 4.51. The topological polar surface area (TPSA) is 76.4 Å². The molecule has 1 fully saturated rings. The number of ether oxygens (including phenoxy) is 1. The number of rotatable bonds is 5. The molecule has 4 N–H and O–H groups in total. The number of benzene rings is 1. The van der Waals surface area contributed by atoms with Crippen molar-refractivity contribution in [1.82, 2.24) is 5.32 Å². The zero-order valence-corrected chi connectivity index (χ0v) is 10.5. The first kappa shape index (κ1) is 12.7. The number of amides is 2. The Morgan fingerprint density at radius 3 is 2.61 bits per heavy atom. The number of nitrogens with two attached hydrogens (primary N) is 1. The van der Waals surface area contributed by atoms with E-state index in [0.717, 1.165) is 24.3 Å². The molecule has 1 aromatic carbocycles. The molecule has 98 valence electrons. The molecule has 0 heterocycles. The van der Waals surface area contributed by atoms with Crippen LogP contribution in [0.5, 0.6) is 5.75 Å². The summed E-state index contributed by atoms with van der Waals surface area (Å²) >= 11 is 0. The fourth-order valence-corrected chi connectivity index (χ4v) is 1.88. The lowest BCUT2D eigenvalue weighted by Crippen LogP contribution is -2.43. The number of carbonyl (C=O) groups is 1. The van der Waals surface area contributed by atoms with Crippen LogP contribution in [0.3, 0.4) is 0 Å². The van der Waals surface area contributed by atoms with E-state index >= 15 is 0 Å². The molecule has 1 aliphatic carbocycles. The minimum atomic E-state index is -0.206. The van der Waals surface area contributed by atoms with Gasteiger partial charge in [0.15, 0.2) is 0 Å². The maximum atomic E-state index is 11.8. The summed E-state index contributed by atoms with van der Waals surface area (Å²) < 4.78 is 5.05. The van der Waals surface area contributed by atoms with Gasteiger partial charge in [0.25, 0.3) is 0 Å². The van der Waals surface area contributed by atoms with Gasteiger partial charge in [-0.05, 0) is 43.0 Å². The van der Waals surface area contributed by atoms with Crippen molar-refractivity contribution in [3.05, 3.63) is 24.3 Å². The van der Waals surface area contributed by atoms with E-state index < -0.39 is 0 Å². The van der Waals surface area contributed by atoms with Crippen LogP contribution in [0, 0.1) is 5.92 Å². The lowest BCUT2D eigenvalue weighted by molar-refractivity contribution is 0.247. The van der Waals surface area contributed by atoms with Gasteiger partial charge < -0.3 is 21.1 Å². The van der Waals surface area contributed by atoms with Gasteiger partial charge in [0.05, 0.1) is 7.11 Å². The number of hydrogen-bond acceptors (Lipinski definition) is 3. The van der Waals surface area contributed by atoms with Crippen LogP contribution in [-0.2, 0) is 0 Å². The summed E-state index contributed by atoms with van der Waals surface area (Å²) in [5, 5.41) is 5.68. The molecule has 0 aliphatic heterocycles. The number of methoxy groups -OCH3 is 1. The SMILES string of the molecule is COc1ccc(NC(=O)NC(CN)C2CC2)cc1. The van der Waals surface area contributed by atoms with Gasteiger partial charge in [-0.25, -0.2) is 4.79 Å². The molecule has 1 aromatic rings. The molecule has 0 saturated heterocycles. The molecule has 1 aliphatic rings. The summed E-state index contributed by atoms with van der Waals surface area (Å²) in [4.78, 5) is 11.8. The van der Waals surface area contributed by atoms with Gasteiger partial charge >= 0.3 is 6.03 Å². The monoisotopic (exact) mass is 249 g/mol. The van der Waals surface area contributed by atoms with Crippen molar-refractivity contribution >= 4 is 11.7 Å². The van der Waals surface area contributed by atoms with Crippen LogP contribution in [-0.4, -0.2) is 25.7 Å².